The quantitative estimate of drug-likeness (QED) is 0.746. The first-order chi connectivity index (χ1) is 8.81. The normalized spacial score (nSPS) is 15.4. The van der Waals surface area contributed by atoms with Gasteiger partial charge >= 0.3 is 0 Å². The van der Waals surface area contributed by atoms with Crippen LogP contribution in [0.25, 0.3) is 22.4 Å². The predicted octanol–water partition coefficient (Wildman–Crippen LogP) is 2.24. The molecule has 5 nitrogen and oxygen atoms in total. The van der Waals surface area contributed by atoms with E-state index in [2.05, 4.69) is 26.1 Å². The molecule has 0 bridgehead atoms. The fourth-order valence-corrected chi connectivity index (χ4v) is 2.28. The molecular weight excluding hydrogens is 226 g/mol. The van der Waals surface area contributed by atoms with Crippen LogP contribution in [0.4, 0.5) is 0 Å². The van der Waals surface area contributed by atoms with Crippen molar-refractivity contribution in [2.45, 2.75) is 18.8 Å². The van der Waals surface area contributed by atoms with Gasteiger partial charge in [-0.15, -0.1) is 0 Å². The second-order valence-electron chi connectivity index (χ2n) is 4.83. The number of pyridine rings is 1. The van der Waals surface area contributed by atoms with Crippen LogP contribution in [0, 0.1) is 0 Å². The Morgan fingerprint density at radius 3 is 3.11 bits per heavy atom. The van der Waals surface area contributed by atoms with Gasteiger partial charge in [0.2, 0.25) is 0 Å². The van der Waals surface area contributed by atoms with Gasteiger partial charge in [-0.05, 0) is 25.0 Å². The summed E-state index contributed by atoms with van der Waals surface area (Å²) in [6.45, 7) is 0. The number of hydrogen-bond donors (Lipinski definition) is 1. The first-order valence-electron chi connectivity index (χ1n) is 6.16. The van der Waals surface area contributed by atoms with Crippen LogP contribution in [0.5, 0.6) is 0 Å². The van der Waals surface area contributed by atoms with E-state index in [0.717, 1.165) is 28.2 Å². The number of rotatable bonds is 2. The maximum absolute atomic E-state index is 4.63. The van der Waals surface area contributed by atoms with E-state index in [9.17, 15) is 0 Å². The van der Waals surface area contributed by atoms with Crippen molar-refractivity contribution in [2.24, 2.45) is 7.05 Å². The van der Waals surface area contributed by atoms with Gasteiger partial charge in [-0.25, -0.2) is 9.97 Å². The Morgan fingerprint density at radius 2 is 2.28 bits per heavy atom. The van der Waals surface area contributed by atoms with Crippen LogP contribution in [0.2, 0.25) is 0 Å². The van der Waals surface area contributed by atoms with Gasteiger partial charge in [0.25, 0.3) is 0 Å². The number of fused-ring (bicyclic) bond motifs is 1. The van der Waals surface area contributed by atoms with Crippen molar-refractivity contribution in [2.75, 3.05) is 0 Å². The van der Waals surface area contributed by atoms with E-state index in [1.807, 2.05) is 30.2 Å². The molecule has 3 aromatic rings. The minimum Gasteiger partial charge on any atom is -0.346 e. The summed E-state index contributed by atoms with van der Waals surface area (Å²) < 4.78 is 1.90. The predicted molar refractivity (Wildman–Crippen MR) is 68.1 cm³/mol. The van der Waals surface area contributed by atoms with Crippen molar-refractivity contribution < 1.29 is 0 Å². The van der Waals surface area contributed by atoms with Crippen molar-refractivity contribution >= 4 is 11.0 Å². The maximum atomic E-state index is 4.63. The van der Waals surface area contributed by atoms with Gasteiger partial charge < -0.3 is 4.98 Å². The number of aryl methyl sites for hydroxylation is 1. The lowest BCUT2D eigenvalue weighted by Crippen LogP contribution is -1.96. The molecule has 1 aliphatic carbocycles. The monoisotopic (exact) mass is 239 g/mol. The zero-order valence-electron chi connectivity index (χ0n) is 10.1. The summed E-state index contributed by atoms with van der Waals surface area (Å²) in [4.78, 5) is 12.1. The van der Waals surface area contributed by atoms with Crippen LogP contribution >= 0.6 is 0 Å². The van der Waals surface area contributed by atoms with Crippen LogP contribution in [-0.4, -0.2) is 24.7 Å². The Labute approximate surface area is 104 Å². The summed E-state index contributed by atoms with van der Waals surface area (Å²) >= 11 is 0. The molecule has 0 aromatic carbocycles. The van der Waals surface area contributed by atoms with Gasteiger partial charge in [0.1, 0.15) is 11.5 Å². The number of aromatic amines is 1. The largest absolute Gasteiger partial charge is 0.346 e. The van der Waals surface area contributed by atoms with Crippen molar-refractivity contribution in [1.82, 2.24) is 24.7 Å². The fraction of sp³-hybridized carbons (Fsp3) is 0.308. The Morgan fingerprint density at radius 1 is 1.39 bits per heavy atom. The number of hydrogen-bond acceptors (Lipinski definition) is 3. The molecule has 1 saturated carbocycles. The lowest BCUT2D eigenvalue weighted by molar-refractivity contribution is 0.705. The van der Waals surface area contributed by atoms with Crippen molar-refractivity contribution in [3.05, 3.63) is 30.4 Å². The summed E-state index contributed by atoms with van der Waals surface area (Å²) in [7, 11) is 1.96. The van der Waals surface area contributed by atoms with Crippen LogP contribution < -0.4 is 0 Å². The molecule has 5 heteroatoms. The van der Waals surface area contributed by atoms with E-state index in [4.69, 9.17) is 0 Å². The Hall–Kier alpha value is -2.17. The van der Waals surface area contributed by atoms with Crippen LogP contribution in [0.1, 0.15) is 24.6 Å². The van der Waals surface area contributed by atoms with Gasteiger partial charge in [-0.1, -0.05) is 0 Å². The minimum absolute atomic E-state index is 0.611. The van der Waals surface area contributed by atoms with E-state index in [1.165, 1.54) is 12.8 Å². The lowest BCUT2D eigenvalue weighted by atomic mass is 10.2. The van der Waals surface area contributed by atoms with Crippen molar-refractivity contribution in [3.8, 4) is 11.4 Å². The highest BCUT2D eigenvalue weighted by Gasteiger charge is 2.29. The molecule has 0 spiro atoms. The standard InChI is InChI=1S/C13H13N5/c1-18-13(8-2-3-8)16-12(17-18)10-6-9-4-5-14-11(9)15-7-10/h4-8H,2-3H2,1H3,(H,14,15). The molecule has 0 radical (unpaired) electrons. The zero-order chi connectivity index (χ0) is 12.1. The third-order valence-electron chi connectivity index (χ3n) is 3.40. The molecule has 0 amide bonds. The third-order valence-corrected chi connectivity index (χ3v) is 3.40. The van der Waals surface area contributed by atoms with E-state index in [0.29, 0.717) is 5.92 Å². The summed E-state index contributed by atoms with van der Waals surface area (Å²) in [5.41, 5.74) is 1.88. The smallest absolute Gasteiger partial charge is 0.182 e. The molecule has 3 aromatic heterocycles. The summed E-state index contributed by atoms with van der Waals surface area (Å²) in [6, 6.07) is 4.08. The zero-order valence-corrected chi connectivity index (χ0v) is 10.1. The summed E-state index contributed by atoms with van der Waals surface area (Å²) in [5.74, 6) is 2.48. The molecule has 4 rings (SSSR count). The Bertz CT molecular complexity index is 720. The molecule has 1 fully saturated rings. The first kappa shape index (κ1) is 9.82. The van der Waals surface area contributed by atoms with E-state index in [-0.39, 0.29) is 0 Å². The number of nitrogens with zero attached hydrogens (tertiary/aromatic N) is 4. The van der Waals surface area contributed by atoms with Crippen LogP contribution in [-0.2, 0) is 7.05 Å². The Balaban J connectivity index is 1.83. The van der Waals surface area contributed by atoms with Crippen molar-refractivity contribution in [1.29, 1.82) is 0 Å². The Kier molecular flexibility index (Phi) is 1.86. The first-order valence-corrected chi connectivity index (χ1v) is 6.16. The van der Waals surface area contributed by atoms with Gasteiger partial charge in [0.15, 0.2) is 5.82 Å². The summed E-state index contributed by atoms with van der Waals surface area (Å²) in [5, 5.41) is 5.58. The molecule has 1 N–H and O–H groups in total. The molecule has 18 heavy (non-hydrogen) atoms. The molecule has 0 saturated heterocycles. The fourth-order valence-electron chi connectivity index (χ4n) is 2.28. The second-order valence-corrected chi connectivity index (χ2v) is 4.83. The SMILES string of the molecule is Cn1nc(-c2cnc3[nH]ccc3c2)nc1C1CC1. The molecule has 90 valence electrons. The van der Waals surface area contributed by atoms with Crippen LogP contribution in [0.15, 0.2) is 24.5 Å². The third kappa shape index (κ3) is 1.44. The van der Waals surface area contributed by atoms with E-state index >= 15 is 0 Å². The maximum Gasteiger partial charge on any atom is 0.182 e. The van der Waals surface area contributed by atoms with Crippen molar-refractivity contribution in [3.63, 3.8) is 0 Å². The highest BCUT2D eigenvalue weighted by molar-refractivity contribution is 5.79. The average molecular weight is 239 g/mol. The molecule has 3 heterocycles. The van der Waals surface area contributed by atoms with Gasteiger partial charge in [-0.3, -0.25) is 4.68 Å². The molecule has 0 unspecified atom stereocenters. The minimum atomic E-state index is 0.611. The van der Waals surface area contributed by atoms with Gasteiger partial charge in [0.05, 0.1) is 0 Å². The highest BCUT2D eigenvalue weighted by atomic mass is 15.3. The van der Waals surface area contributed by atoms with E-state index in [1.54, 1.807) is 0 Å². The van der Waals surface area contributed by atoms with E-state index < -0.39 is 0 Å². The molecular formula is C13H13N5. The number of H-pyrrole nitrogens is 1. The molecule has 0 atom stereocenters. The van der Waals surface area contributed by atoms with Gasteiger partial charge in [0, 0.05) is 36.3 Å². The van der Waals surface area contributed by atoms with Gasteiger partial charge in [-0.2, -0.15) is 5.10 Å². The number of nitrogens with one attached hydrogen (secondary N) is 1. The number of aromatic nitrogens is 5. The topological polar surface area (TPSA) is 59.4 Å². The lowest BCUT2D eigenvalue weighted by Gasteiger charge is -1.94. The summed E-state index contributed by atoms with van der Waals surface area (Å²) in [6.07, 6.45) is 6.19. The second kappa shape index (κ2) is 3.41. The molecule has 0 aliphatic heterocycles. The average Bonchev–Trinajstić information content (AvgIpc) is 2.98. The molecule has 1 aliphatic rings. The highest BCUT2D eigenvalue weighted by Crippen LogP contribution is 2.39. The van der Waals surface area contributed by atoms with Crippen LogP contribution in [0.3, 0.4) is 0 Å².